The molecule has 4 heterocycles. The van der Waals surface area contributed by atoms with Crippen LogP contribution in [0.5, 0.6) is 5.75 Å². The summed E-state index contributed by atoms with van der Waals surface area (Å²) in [7, 11) is 1.53. The molecule has 212 valence electrons. The highest BCUT2D eigenvalue weighted by molar-refractivity contribution is 7.99. The molecule has 4 aromatic rings. The molecule has 12 heteroatoms. The molecule has 41 heavy (non-hydrogen) atoms. The lowest BCUT2D eigenvalue weighted by molar-refractivity contribution is -0.139. The van der Waals surface area contributed by atoms with Crippen LogP contribution in [-0.2, 0) is 9.53 Å². The Morgan fingerprint density at radius 3 is 2.80 bits per heavy atom. The van der Waals surface area contributed by atoms with Crippen LogP contribution in [0.15, 0.2) is 78.3 Å². The van der Waals surface area contributed by atoms with E-state index in [1.165, 1.54) is 34.8 Å². The van der Waals surface area contributed by atoms with E-state index in [9.17, 15) is 9.59 Å². The normalized spacial score (nSPS) is 15.0. The van der Waals surface area contributed by atoms with Gasteiger partial charge >= 0.3 is 5.97 Å². The van der Waals surface area contributed by atoms with Gasteiger partial charge in [-0.3, -0.25) is 9.36 Å². The van der Waals surface area contributed by atoms with E-state index in [0.29, 0.717) is 59.4 Å². The number of carbonyl (C=O) groups is 1. The first kappa shape index (κ1) is 28.8. The summed E-state index contributed by atoms with van der Waals surface area (Å²) in [5.74, 6) is 0.437. The molecule has 1 atom stereocenters. The molecule has 0 saturated heterocycles. The third-order valence-electron chi connectivity index (χ3n) is 6.22. The second kappa shape index (κ2) is 12.5. The zero-order valence-corrected chi connectivity index (χ0v) is 25.2. The zero-order valence-electron chi connectivity index (χ0n) is 22.8. The summed E-state index contributed by atoms with van der Waals surface area (Å²) < 4.78 is 19.0. The topological polar surface area (TPSA) is 109 Å². The van der Waals surface area contributed by atoms with Crippen molar-refractivity contribution < 1.29 is 18.7 Å². The van der Waals surface area contributed by atoms with Gasteiger partial charge in [0.25, 0.3) is 5.56 Å². The third kappa shape index (κ3) is 6.02. The van der Waals surface area contributed by atoms with Crippen molar-refractivity contribution in [1.82, 2.24) is 14.5 Å². The molecule has 1 aliphatic rings. The highest BCUT2D eigenvalue weighted by Gasteiger charge is 2.36. The molecule has 0 saturated carbocycles. The van der Waals surface area contributed by atoms with Gasteiger partial charge in [-0.15, -0.1) is 0 Å². The minimum atomic E-state index is -0.844. The van der Waals surface area contributed by atoms with E-state index in [2.05, 4.69) is 9.97 Å². The Hall–Kier alpha value is -3.67. The first-order valence-corrected chi connectivity index (χ1v) is 15.0. The SMILES string of the molecule is CCCC1=C(C(=O)OCC)[C@H](c2cc(Cl)ccc2OC)n2c(s/c(=C\c3ccc(Sc4nccc(C)n4)o3)c2=O)=N1. The van der Waals surface area contributed by atoms with Crippen molar-refractivity contribution >= 4 is 46.7 Å². The van der Waals surface area contributed by atoms with Crippen LogP contribution in [0, 0.1) is 6.92 Å². The second-order valence-electron chi connectivity index (χ2n) is 9.04. The minimum absolute atomic E-state index is 0.179. The van der Waals surface area contributed by atoms with E-state index >= 15 is 0 Å². The van der Waals surface area contributed by atoms with Crippen LogP contribution in [0.4, 0.5) is 0 Å². The molecule has 9 nitrogen and oxygen atoms in total. The third-order valence-corrected chi connectivity index (χ3v) is 8.24. The molecule has 0 fully saturated rings. The summed E-state index contributed by atoms with van der Waals surface area (Å²) in [6.45, 7) is 5.82. The Morgan fingerprint density at radius 2 is 2.07 bits per heavy atom. The number of rotatable bonds is 9. The standard InChI is InChI=1S/C29H27ClN4O5S2/c1-5-7-20-24(27(36)38-6-2)25(19-14-17(30)8-10-21(19)37-4)34-26(35)22(40-29(34)33-20)15-18-9-11-23(39-18)41-28-31-13-12-16(3)32-28/h8-15,25H,5-7H2,1-4H3/b22-15-/t25-/m0/s1. The Morgan fingerprint density at radius 1 is 1.24 bits per heavy atom. The number of nitrogens with zero attached hydrogens (tertiary/aromatic N) is 4. The molecule has 0 unspecified atom stereocenters. The Balaban J connectivity index is 1.66. The van der Waals surface area contributed by atoms with Crippen molar-refractivity contribution in [3.63, 3.8) is 0 Å². The van der Waals surface area contributed by atoms with Gasteiger partial charge in [-0.05, 0) is 68.4 Å². The number of benzene rings is 1. The average molecular weight is 611 g/mol. The monoisotopic (exact) mass is 610 g/mol. The number of allylic oxidation sites excluding steroid dienone is 1. The van der Waals surface area contributed by atoms with E-state index in [-0.39, 0.29) is 12.2 Å². The highest BCUT2D eigenvalue weighted by Crippen LogP contribution is 2.38. The van der Waals surface area contributed by atoms with Crippen LogP contribution in [0.1, 0.15) is 49.7 Å². The lowest BCUT2D eigenvalue weighted by Gasteiger charge is -2.27. The van der Waals surface area contributed by atoms with Gasteiger partial charge in [0.15, 0.2) is 15.1 Å². The number of esters is 1. The smallest absolute Gasteiger partial charge is 0.338 e. The predicted molar refractivity (Wildman–Crippen MR) is 157 cm³/mol. The first-order valence-electron chi connectivity index (χ1n) is 13.0. The Bertz CT molecular complexity index is 1820. The Labute approximate surface area is 249 Å². The van der Waals surface area contributed by atoms with E-state index in [1.807, 2.05) is 19.9 Å². The molecule has 0 amide bonds. The van der Waals surface area contributed by atoms with Crippen LogP contribution >= 0.6 is 34.7 Å². The predicted octanol–water partition coefficient (Wildman–Crippen LogP) is 5.08. The molecule has 0 spiro atoms. The second-order valence-corrected chi connectivity index (χ2v) is 11.5. The van der Waals surface area contributed by atoms with Crippen LogP contribution in [0.2, 0.25) is 5.02 Å². The molecule has 1 aliphatic heterocycles. The zero-order chi connectivity index (χ0) is 29.1. The number of aryl methyl sites for hydroxylation is 1. The van der Waals surface area contributed by atoms with Gasteiger partial charge in [0.05, 0.1) is 29.5 Å². The maximum atomic E-state index is 14.0. The van der Waals surface area contributed by atoms with Crippen molar-refractivity contribution in [2.45, 2.75) is 49.9 Å². The number of methoxy groups -OCH3 is 1. The van der Waals surface area contributed by atoms with Gasteiger partial charge in [-0.2, -0.15) is 0 Å². The van der Waals surface area contributed by atoms with Gasteiger partial charge < -0.3 is 13.9 Å². The van der Waals surface area contributed by atoms with Gasteiger partial charge in [0, 0.05) is 28.6 Å². The lowest BCUT2D eigenvalue weighted by atomic mass is 9.93. The van der Waals surface area contributed by atoms with Crippen LogP contribution in [0.25, 0.3) is 6.08 Å². The quantitative estimate of drug-likeness (QED) is 0.191. The molecule has 0 bridgehead atoms. The number of furan rings is 1. The molecule has 3 aromatic heterocycles. The summed E-state index contributed by atoms with van der Waals surface area (Å²) in [6, 6.07) is 9.68. The fraction of sp³-hybridized carbons (Fsp3) is 0.276. The molecule has 0 aliphatic carbocycles. The van der Waals surface area contributed by atoms with Crippen LogP contribution < -0.4 is 19.6 Å². The van der Waals surface area contributed by atoms with E-state index in [1.54, 1.807) is 49.5 Å². The summed E-state index contributed by atoms with van der Waals surface area (Å²) in [5.41, 5.74) is 1.95. The van der Waals surface area contributed by atoms with Crippen LogP contribution in [0.3, 0.4) is 0 Å². The van der Waals surface area contributed by atoms with Gasteiger partial charge in [-0.1, -0.05) is 36.3 Å². The maximum absolute atomic E-state index is 14.0. The van der Waals surface area contributed by atoms with Crippen molar-refractivity contribution in [3.05, 3.63) is 95.6 Å². The summed E-state index contributed by atoms with van der Waals surface area (Å²) in [6.07, 6.45) is 4.63. The number of hydrogen-bond donors (Lipinski definition) is 0. The fourth-order valence-corrected chi connectivity index (χ4v) is 6.43. The molecule has 1 aromatic carbocycles. The molecule has 0 radical (unpaired) electrons. The first-order chi connectivity index (χ1) is 19.8. The van der Waals surface area contributed by atoms with Crippen molar-refractivity contribution in [1.29, 1.82) is 0 Å². The molecular formula is C29H27ClN4O5S2. The number of halogens is 1. The fourth-order valence-electron chi connectivity index (χ4n) is 4.50. The molecular weight excluding hydrogens is 584 g/mol. The number of hydrogen-bond acceptors (Lipinski definition) is 10. The summed E-state index contributed by atoms with van der Waals surface area (Å²) in [4.78, 5) is 41.2. The van der Waals surface area contributed by atoms with Gasteiger partial charge in [0.1, 0.15) is 17.6 Å². The average Bonchev–Trinajstić information content (AvgIpc) is 3.51. The number of fused-ring (bicyclic) bond motifs is 1. The lowest BCUT2D eigenvalue weighted by Crippen LogP contribution is -2.40. The summed E-state index contributed by atoms with van der Waals surface area (Å²) >= 11 is 8.91. The van der Waals surface area contributed by atoms with Crippen LogP contribution in [-0.4, -0.2) is 34.2 Å². The van der Waals surface area contributed by atoms with Gasteiger partial charge in [-0.25, -0.2) is 19.8 Å². The van der Waals surface area contributed by atoms with E-state index < -0.39 is 12.0 Å². The highest BCUT2D eigenvalue weighted by atomic mass is 35.5. The summed E-state index contributed by atoms with van der Waals surface area (Å²) in [5, 5.41) is 1.60. The van der Waals surface area contributed by atoms with Gasteiger partial charge in [0.2, 0.25) is 0 Å². The molecule has 0 N–H and O–H groups in total. The number of aromatic nitrogens is 3. The van der Waals surface area contributed by atoms with E-state index in [4.69, 9.17) is 30.5 Å². The largest absolute Gasteiger partial charge is 0.496 e. The number of carbonyl (C=O) groups excluding carboxylic acids is 1. The van der Waals surface area contributed by atoms with E-state index in [0.717, 1.165) is 12.1 Å². The van der Waals surface area contributed by atoms with Crippen molar-refractivity contribution in [2.24, 2.45) is 4.99 Å². The minimum Gasteiger partial charge on any atom is -0.496 e. The number of ether oxygens (including phenoxy) is 2. The van der Waals surface area contributed by atoms with Crippen molar-refractivity contribution in [3.8, 4) is 5.75 Å². The van der Waals surface area contributed by atoms with Crippen molar-refractivity contribution in [2.75, 3.05) is 13.7 Å². The number of thiazole rings is 1. The maximum Gasteiger partial charge on any atom is 0.338 e. The molecule has 5 rings (SSSR count). The Kier molecular flexibility index (Phi) is 8.77.